The van der Waals surface area contributed by atoms with Crippen LogP contribution in [0.3, 0.4) is 0 Å². The zero-order valence-electron chi connectivity index (χ0n) is 16.1. The summed E-state index contributed by atoms with van der Waals surface area (Å²) in [4.78, 5) is 15.8. The standard InChI is InChI=1S/C17H29N7S/c1-7-18-16(23(5)10-14-20-12-21-24(14)6)19-9-8-15-22-13(11-25-15)17(2,3)4/h11-12H,7-10H2,1-6H3,(H,18,19). The third kappa shape index (κ3) is 5.52. The zero-order chi connectivity index (χ0) is 18.4. The minimum absolute atomic E-state index is 0.100. The van der Waals surface area contributed by atoms with Crippen LogP contribution in [0, 0.1) is 0 Å². The number of thiazole rings is 1. The van der Waals surface area contributed by atoms with Crippen molar-refractivity contribution in [2.45, 2.75) is 46.1 Å². The van der Waals surface area contributed by atoms with Gasteiger partial charge in [-0.1, -0.05) is 20.8 Å². The van der Waals surface area contributed by atoms with Crippen molar-refractivity contribution in [3.63, 3.8) is 0 Å². The Morgan fingerprint density at radius 3 is 2.72 bits per heavy atom. The summed E-state index contributed by atoms with van der Waals surface area (Å²) >= 11 is 1.72. The maximum atomic E-state index is 4.74. The Morgan fingerprint density at radius 1 is 1.40 bits per heavy atom. The van der Waals surface area contributed by atoms with E-state index < -0.39 is 0 Å². The van der Waals surface area contributed by atoms with E-state index in [0.29, 0.717) is 13.1 Å². The molecule has 2 heterocycles. The molecular weight excluding hydrogens is 334 g/mol. The molecule has 0 unspecified atom stereocenters. The molecule has 0 saturated carbocycles. The van der Waals surface area contributed by atoms with Crippen LogP contribution in [-0.2, 0) is 25.4 Å². The van der Waals surface area contributed by atoms with Gasteiger partial charge in [0.1, 0.15) is 12.2 Å². The molecule has 7 nitrogen and oxygen atoms in total. The van der Waals surface area contributed by atoms with E-state index in [1.807, 2.05) is 14.1 Å². The van der Waals surface area contributed by atoms with Gasteiger partial charge >= 0.3 is 0 Å². The van der Waals surface area contributed by atoms with Gasteiger partial charge in [-0.2, -0.15) is 5.10 Å². The molecule has 0 aliphatic carbocycles. The first-order valence-electron chi connectivity index (χ1n) is 8.58. The predicted octanol–water partition coefficient (Wildman–Crippen LogP) is 2.21. The number of nitrogens with one attached hydrogen (secondary N) is 1. The van der Waals surface area contributed by atoms with E-state index in [1.54, 1.807) is 22.3 Å². The molecule has 138 valence electrons. The van der Waals surface area contributed by atoms with E-state index in [-0.39, 0.29) is 5.41 Å². The van der Waals surface area contributed by atoms with Crippen molar-refractivity contribution in [3.8, 4) is 0 Å². The van der Waals surface area contributed by atoms with Crippen molar-refractivity contribution < 1.29 is 0 Å². The lowest BCUT2D eigenvalue weighted by Crippen LogP contribution is -2.39. The fourth-order valence-electron chi connectivity index (χ4n) is 2.25. The number of nitrogens with zero attached hydrogens (tertiary/aromatic N) is 6. The highest BCUT2D eigenvalue weighted by Gasteiger charge is 2.17. The van der Waals surface area contributed by atoms with Crippen LogP contribution < -0.4 is 5.32 Å². The van der Waals surface area contributed by atoms with Gasteiger partial charge in [0.25, 0.3) is 0 Å². The van der Waals surface area contributed by atoms with Crippen LogP contribution in [-0.4, -0.2) is 50.7 Å². The summed E-state index contributed by atoms with van der Waals surface area (Å²) in [6, 6.07) is 0. The summed E-state index contributed by atoms with van der Waals surface area (Å²) < 4.78 is 1.78. The molecule has 0 spiro atoms. The Hall–Kier alpha value is -1.96. The number of guanidine groups is 1. The van der Waals surface area contributed by atoms with Gasteiger partial charge in [0, 0.05) is 44.4 Å². The molecule has 0 atom stereocenters. The molecule has 8 heteroatoms. The average Bonchev–Trinajstić information content (AvgIpc) is 3.16. The van der Waals surface area contributed by atoms with Gasteiger partial charge in [0.05, 0.1) is 17.2 Å². The minimum Gasteiger partial charge on any atom is -0.357 e. The first-order valence-corrected chi connectivity index (χ1v) is 9.46. The van der Waals surface area contributed by atoms with Gasteiger partial charge in [-0.3, -0.25) is 9.67 Å². The second-order valence-electron chi connectivity index (χ2n) is 7.02. The van der Waals surface area contributed by atoms with Gasteiger partial charge < -0.3 is 10.2 Å². The molecule has 2 aromatic rings. The summed E-state index contributed by atoms with van der Waals surface area (Å²) in [7, 11) is 3.91. The van der Waals surface area contributed by atoms with Crippen molar-refractivity contribution in [1.29, 1.82) is 0 Å². The third-order valence-corrected chi connectivity index (χ3v) is 4.70. The number of aliphatic imine (C=N–C) groups is 1. The Balaban J connectivity index is 1.97. The number of aryl methyl sites for hydroxylation is 1. The fraction of sp³-hybridized carbons (Fsp3) is 0.647. The highest BCUT2D eigenvalue weighted by molar-refractivity contribution is 7.09. The largest absolute Gasteiger partial charge is 0.357 e. The van der Waals surface area contributed by atoms with E-state index in [4.69, 9.17) is 9.98 Å². The Labute approximate surface area is 154 Å². The molecule has 25 heavy (non-hydrogen) atoms. The van der Waals surface area contributed by atoms with Crippen LogP contribution in [0.15, 0.2) is 16.7 Å². The molecular formula is C17H29N7S. The normalized spacial score (nSPS) is 12.5. The molecule has 2 aromatic heterocycles. The molecule has 0 amide bonds. The maximum Gasteiger partial charge on any atom is 0.194 e. The number of hydrogen-bond donors (Lipinski definition) is 1. The Kier molecular flexibility index (Phi) is 6.52. The van der Waals surface area contributed by atoms with Crippen LogP contribution in [0.5, 0.6) is 0 Å². The van der Waals surface area contributed by atoms with Crippen LogP contribution >= 0.6 is 11.3 Å². The van der Waals surface area contributed by atoms with Crippen LogP contribution in [0.1, 0.15) is 44.2 Å². The molecule has 0 aromatic carbocycles. The van der Waals surface area contributed by atoms with Crippen LogP contribution in [0.2, 0.25) is 0 Å². The van der Waals surface area contributed by atoms with E-state index in [2.05, 4.69) is 53.4 Å². The summed E-state index contributed by atoms with van der Waals surface area (Å²) in [6.07, 6.45) is 2.43. The lowest BCUT2D eigenvalue weighted by atomic mass is 9.93. The van der Waals surface area contributed by atoms with Gasteiger partial charge in [0.15, 0.2) is 5.96 Å². The van der Waals surface area contributed by atoms with E-state index >= 15 is 0 Å². The van der Waals surface area contributed by atoms with Crippen molar-refractivity contribution >= 4 is 17.3 Å². The van der Waals surface area contributed by atoms with Crippen molar-refractivity contribution in [1.82, 2.24) is 30.0 Å². The first-order chi connectivity index (χ1) is 11.8. The lowest BCUT2D eigenvalue weighted by molar-refractivity contribution is 0.448. The quantitative estimate of drug-likeness (QED) is 0.629. The zero-order valence-corrected chi connectivity index (χ0v) is 16.9. The van der Waals surface area contributed by atoms with Crippen LogP contribution in [0.25, 0.3) is 0 Å². The van der Waals surface area contributed by atoms with E-state index in [9.17, 15) is 0 Å². The van der Waals surface area contributed by atoms with Crippen molar-refractivity contribution in [2.24, 2.45) is 12.0 Å². The second-order valence-corrected chi connectivity index (χ2v) is 7.96. The number of hydrogen-bond acceptors (Lipinski definition) is 5. The number of aromatic nitrogens is 4. The van der Waals surface area contributed by atoms with Gasteiger partial charge in [0.2, 0.25) is 0 Å². The van der Waals surface area contributed by atoms with E-state index in [0.717, 1.165) is 35.5 Å². The Morgan fingerprint density at radius 2 is 2.16 bits per heavy atom. The second kappa shape index (κ2) is 8.42. The minimum atomic E-state index is 0.100. The predicted molar refractivity (Wildman–Crippen MR) is 103 cm³/mol. The monoisotopic (exact) mass is 363 g/mol. The molecule has 0 fully saturated rings. The number of rotatable bonds is 6. The summed E-state index contributed by atoms with van der Waals surface area (Å²) in [5.41, 5.74) is 1.26. The molecule has 1 N–H and O–H groups in total. The Bertz CT molecular complexity index is 696. The molecule has 0 saturated heterocycles. The smallest absolute Gasteiger partial charge is 0.194 e. The average molecular weight is 364 g/mol. The van der Waals surface area contributed by atoms with Crippen molar-refractivity contribution in [2.75, 3.05) is 20.1 Å². The lowest BCUT2D eigenvalue weighted by Gasteiger charge is -2.21. The maximum absolute atomic E-state index is 4.74. The van der Waals surface area contributed by atoms with Gasteiger partial charge in [-0.15, -0.1) is 11.3 Å². The molecule has 0 radical (unpaired) electrons. The van der Waals surface area contributed by atoms with Gasteiger partial charge in [-0.05, 0) is 6.92 Å². The van der Waals surface area contributed by atoms with Gasteiger partial charge in [-0.25, -0.2) is 9.97 Å². The molecule has 0 aliphatic rings. The van der Waals surface area contributed by atoms with Crippen molar-refractivity contribution in [3.05, 3.63) is 28.2 Å². The topological polar surface area (TPSA) is 71.2 Å². The molecule has 2 rings (SSSR count). The summed E-state index contributed by atoms with van der Waals surface area (Å²) in [6.45, 7) is 10.8. The summed E-state index contributed by atoms with van der Waals surface area (Å²) in [5, 5.41) is 10.7. The fourth-order valence-corrected chi connectivity index (χ4v) is 3.26. The SMILES string of the molecule is CCNC(=NCCc1nc(C(C)(C)C)cs1)N(C)Cc1ncnn1C. The van der Waals surface area contributed by atoms with E-state index in [1.165, 1.54) is 0 Å². The third-order valence-electron chi connectivity index (χ3n) is 3.79. The summed E-state index contributed by atoms with van der Waals surface area (Å²) in [5.74, 6) is 1.78. The van der Waals surface area contributed by atoms with Crippen LogP contribution in [0.4, 0.5) is 0 Å². The highest BCUT2D eigenvalue weighted by Crippen LogP contribution is 2.24. The highest BCUT2D eigenvalue weighted by atomic mass is 32.1. The first kappa shape index (κ1) is 19.4. The molecule has 0 aliphatic heterocycles. The molecule has 0 bridgehead atoms.